The van der Waals surface area contributed by atoms with Crippen molar-refractivity contribution < 1.29 is 8.42 Å². The van der Waals surface area contributed by atoms with E-state index in [0.29, 0.717) is 18.1 Å². The van der Waals surface area contributed by atoms with Crippen molar-refractivity contribution in [1.82, 2.24) is 9.78 Å². The highest BCUT2D eigenvalue weighted by Crippen LogP contribution is 2.28. The van der Waals surface area contributed by atoms with Gasteiger partial charge in [0.05, 0.1) is 17.2 Å². The van der Waals surface area contributed by atoms with Crippen LogP contribution in [0.4, 0.5) is 0 Å². The van der Waals surface area contributed by atoms with Crippen LogP contribution in [0.2, 0.25) is 0 Å². The van der Waals surface area contributed by atoms with Gasteiger partial charge in [0.25, 0.3) is 0 Å². The molecule has 1 aromatic rings. The Morgan fingerprint density at radius 3 is 2.79 bits per heavy atom. The van der Waals surface area contributed by atoms with Gasteiger partial charge in [-0.25, -0.2) is 8.42 Å². The molecule has 2 unspecified atom stereocenters. The molecule has 0 spiro atoms. The van der Waals surface area contributed by atoms with Crippen LogP contribution >= 0.6 is 0 Å². The van der Waals surface area contributed by atoms with Crippen molar-refractivity contribution >= 4 is 9.84 Å². The summed E-state index contributed by atoms with van der Waals surface area (Å²) in [4.78, 5) is 0. The van der Waals surface area contributed by atoms with Crippen LogP contribution in [0.25, 0.3) is 0 Å². The van der Waals surface area contributed by atoms with E-state index >= 15 is 0 Å². The molecule has 1 aliphatic rings. The Morgan fingerprint density at radius 1 is 1.58 bits per heavy atom. The zero-order valence-corrected chi connectivity index (χ0v) is 12.5. The number of nitrogens with zero attached hydrogens (tertiary/aromatic N) is 2. The van der Waals surface area contributed by atoms with E-state index in [2.05, 4.69) is 18.1 Å². The lowest BCUT2D eigenvalue weighted by Gasteiger charge is -2.20. The monoisotopic (exact) mass is 285 g/mol. The zero-order valence-electron chi connectivity index (χ0n) is 11.7. The number of rotatable bonds is 5. The van der Waals surface area contributed by atoms with Crippen LogP contribution in [0, 0.1) is 11.8 Å². The van der Waals surface area contributed by atoms with Crippen molar-refractivity contribution in [1.29, 1.82) is 0 Å². The summed E-state index contributed by atoms with van der Waals surface area (Å²) in [6, 6.07) is 2.10. The van der Waals surface area contributed by atoms with Crippen molar-refractivity contribution in [3.63, 3.8) is 0 Å². The molecule has 0 saturated carbocycles. The van der Waals surface area contributed by atoms with Crippen molar-refractivity contribution in [2.75, 3.05) is 18.1 Å². The lowest BCUT2D eigenvalue weighted by Crippen LogP contribution is -2.27. The Kier molecular flexibility index (Phi) is 4.30. The van der Waals surface area contributed by atoms with Crippen molar-refractivity contribution in [2.45, 2.75) is 26.2 Å². The molecular weight excluding hydrogens is 262 g/mol. The first-order valence-electron chi connectivity index (χ1n) is 6.87. The Labute approximate surface area is 115 Å². The maximum Gasteiger partial charge on any atom is 0.150 e. The maximum atomic E-state index is 11.6. The van der Waals surface area contributed by atoms with Gasteiger partial charge < -0.3 is 5.73 Å². The van der Waals surface area contributed by atoms with Crippen molar-refractivity contribution in [3.05, 3.63) is 17.5 Å². The number of aryl methyl sites for hydroxylation is 2. The van der Waals surface area contributed by atoms with Gasteiger partial charge in [-0.15, -0.1) is 0 Å². The highest BCUT2D eigenvalue weighted by atomic mass is 32.2. The van der Waals surface area contributed by atoms with Crippen molar-refractivity contribution in [2.24, 2.45) is 24.6 Å². The first-order valence-corrected chi connectivity index (χ1v) is 8.69. The van der Waals surface area contributed by atoms with E-state index in [9.17, 15) is 8.42 Å². The largest absolute Gasteiger partial charge is 0.330 e. The maximum absolute atomic E-state index is 11.6. The third-order valence-electron chi connectivity index (χ3n) is 4.10. The quantitative estimate of drug-likeness (QED) is 0.856. The molecule has 1 saturated heterocycles. The fourth-order valence-corrected chi connectivity index (χ4v) is 4.76. The minimum absolute atomic E-state index is 0.204. The van der Waals surface area contributed by atoms with Crippen LogP contribution in [0.3, 0.4) is 0 Å². The molecule has 2 heterocycles. The fraction of sp³-hybridized carbons (Fsp3) is 0.769. The summed E-state index contributed by atoms with van der Waals surface area (Å²) < 4.78 is 25.0. The second kappa shape index (κ2) is 5.63. The smallest absolute Gasteiger partial charge is 0.150 e. The molecule has 0 bridgehead atoms. The lowest BCUT2D eigenvalue weighted by molar-refractivity contribution is 0.363. The summed E-state index contributed by atoms with van der Waals surface area (Å²) in [7, 11) is -0.892. The number of aromatic nitrogens is 2. The molecule has 1 fully saturated rings. The van der Waals surface area contributed by atoms with Crippen molar-refractivity contribution in [3.8, 4) is 0 Å². The predicted molar refractivity (Wildman–Crippen MR) is 75.6 cm³/mol. The highest BCUT2D eigenvalue weighted by molar-refractivity contribution is 7.91. The number of hydrogen-bond donors (Lipinski definition) is 1. The molecule has 0 radical (unpaired) electrons. The van der Waals surface area contributed by atoms with E-state index in [1.165, 1.54) is 0 Å². The van der Waals surface area contributed by atoms with Crippen LogP contribution in [0.15, 0.2) is 6.07 Å². The van der Waals surface area contributed by atoms with Gasteiger partial charge in [0.2, 0.25) is 0 Å². The standard InChI is InChI=1S/C13H23N3O2S/c1-3-12-7-13(16(2)15-12)6-11(8-14)10-4-5-19(17,18)9-10/h7,10-11H,3-6,8-9,14H2,1-2H3. The first kappa shape index (κ1) is 14.5. The highest BCUT2D eigenvalue weighted by Gasteiger charge is 2.33. The topological polar surface area (TPSA) is 78.0 Å². The van der Waals surface area contributed by atoms with Crippen LogP contribution < -0.4 is 5.73 Å². The van der Waals surface area contributed by atoms with Crippen LogP contribution in [-0.2, 0) is 29.7 Å². The minimum Gasteiger partial charge on any atom is -0.330 e. The van der Waals surface area contributed by atoms with Gasteiger partial charge in [0.15, 0.2) is 9.84 Å². The number of sulfone groups is 1. The summed E-state index contributed by atoms with van der Waals surface area (Å²) in [6.07, 6.45) is 2.49. The van der Waals surface area contributed by atoms with Crippen LogP contribution in [-0.4, -0.2) is 36.2 Å². The molecule has 2 N–H and O–H groups in total. The summed E-state index contributed by atoms with van der Waals surface area (Å²) >= 11 is 0. The average Bonchev–Trinajstić information content (AvgIpc) is 2.89. The third-order valence-corrected chi connectivity index (χ3v) is 5.89. The summed E-state index contributed by atoms with van der Waals surface area (Å²) in [5.74, 6) is 1.06. The molecule has 0 aliphatic carbocycles. The second-order valence-corrected chi connectivity index (χ2v) is 7.70. The zero-order chi connectivity index (χ0) is 14.0. The molecular formula is C13H23N3O2S. The molecule has 6 heteroatoms. The average molecular weight is 285 g/mol. The van der Waals surface area contributed by atoms with Gasteiger partial charge in [-0.3, -0.25) is 4.68 Å². The Bertz CT molecular complexity index is 536. The van der Waals surface area contributed by atoms with Crippen LogP contribution in [0.1, 0.15) is 24.7 Å². The van der Waals surface area contributed by atoms with E-state index in [-0.39, 0.29) is 11.8 Å². The van der Waals surface area contributed by atoms with Gasteiger partial charge in [-0.1, -0.05) is 6.92 Å². The van der Waals surface area contributed by atoms with Gasteiger partial charge in [0.1, 0.15) is 0 Å². The molecule has 2 rings (SSSR count). The van der Waals surface area contributed by atoms with Gasteiger partial charge in [-0.05, 0) is 43.7 Å². The SMILES string of the molecule is CCc1cc(CC(CN)C2CCS(=O)(=O)C2)n(C)n1. The Balaban J connectivity index is 2.09. The van der Waals surface area contributed by atoms with E-state index in [0.717, 1.165) is 30.7 Å². The molecule has 1 aromatic heterocycles. The Morgan fingerprint density at radius 2 is 2.32 bits per heavy atom. The summed E-state index contributed by atoms with van der Waals surface area (Å²) in [5, 5.41) is 4.43. The number of nitrogens with two attached hydrogens (primary N) is 1. The van der Waals surface area contributed by atoms with E-state index in [4.69, 9.17) is 5.73 Å². The molecule has 2 atom stereocenters. The first-order chi connectivity index (χ1) is 8.95. The Hall–Kier alpha value is -0.880. The van der Waals surface area contributed by atoms with E-state index in [1.807, 2.05) is 11.7 Å². The van der Waals surface area contributed by atoms with Gasteiger partial charge in [-0.2, -0.15) is 5.10 Å². The predicted octanol–water partition coefficient (Wildman–Crippen LogP) is 0.535. The summed E-state index contributed by atoms with van der Waals surface area (Å²) in [5.41, 5.74) is 8.08. The molecule has 5 nitrogen and oxygen atoms in total. The fourth-order valence-electron chi connectivity index (χ4n) is 2.84. The molecule has 0 amide bonds. The minimum atomic E-state index is -2.83. The molecule has 1 aliphatic heterocycles. The van der Waals surface area contributed by atoms with E-state index < -0.39 is 9.84 Å². The molecule has 0 aromatic carbocycles. The lowest BCUT2D eigenvalue weighted by atomic mass is 9.88. The number of hydrogen-bond acceptors (Lipinski definition) is 4. The van der Waals surface area contributed by atoms with E-state index in [1.54, 1.807) is 0 Å². The second-order valence-electron chi connectivity index (χ2n) is 5.47. The normalized spacial score (nSPS) is 23.6. The third kappa shape index (κ3) is 3.36. The van der Waals surface area contributed by atoms with Gasteiger partial charge >= 0.3 is 0 Å². The molecule has 108 valence electrons. The molecule has 19 heavy (non-hydrogen) atoms. The summed E-state index contributed by atoms with van der Waals surface area (Å²) in [6.45, 7) is 2.61. The van der Waals surface area contributed by atoms with Gasteiger partial charge in [0, 0.05) is 12.7 Å². The van der Waals surface area contributed by atoms with Crippen LogP contribution in [0.5, 0.6) is 0 Å².